The van der Waals surface area contributed by atoms with Gasteiger partial charge in [-0.1, -0.05) is 25.1 Å². The molecule has 4 nitrogen and oxygen atoms in total. The predicted molar refractivity (Wildman–Crippen MR) is 110 cm³/mol. The summed E-state index contributed by atoms with van der Waals surface area (Å²) in [6.07, 6.45) is 5.10. The molecule has 0 saturated carbocycles. The number of benzene rings is 2. The third kappa shape index (κ3) is 4.30. The number of hydrogen-bond acceptors (Lipinski definition) is 4. The summed E-state index contributed by atoms with van der Waals surface area (Å²) in [5.74, 6) is 1.12. The Morgan fingerprint density at radius 3 is 2.54 bits per heavy atom. The highest BCUT2D eigenvalue weighted by Gasteiger charge is 2.18. The van der Waals surface area contributed by atoms with E-state index in [-0.39, 0.29) is 5.82 Å². The van der Waals surface area contributed by atoms with Crippen LogP contribution in [0.4, 0.5) is 4.39 Å². The summed E-state index contributed by atoms with van der Waals surface area (Å²) in [7, 11) is 0. The maximum Gasteiger partial charge on any atom is 0.224 e. The second-order valence-corrected chi connectivity index (χ2v) is 7.43. The summed E-state index contributed by atoms with van der Waals surface area (Å²) in [4.78, 5) is 11.2. The molecule has 1 aliphatic heterocycles. The smallest absolute Gasteiger partial charge is 0.224 e. The van der Waals surface area contributed by atoms with Gasteiger partial charge in [0.05, 0.1) is 17.5 Å². The van der Waals surface area contributed by atoms with Crippen LogP contribution >= 0.6 is 0 Å². The first-order chi connectivity index (χ1) is 13.7. The fourth-order valence-electron chi connectivity index (χ4n) is 3.88. The van der Waals surface area contributed by atoms with E-state index in [1.165, 1.54) is 38.1 Å². The minimum absolute atomic E-state index is 0.235. The van der Waals surface area contributed by atoms with Crippen LogP contribution in [0.15, 0.2) is 48.8 Å². The first-order valence-corrected chi connectivity index (χ1v) is 10.1. The topological polar surface area (TPSA) is 38.2 Å². The number of nitrogens with zero attached hydrogens (tertiary/aromatic N) is 3. The van der Waals surface area contributed by atoms with Crippen LogP contribution in [-0.2, 0) is 0 Å². The molecule has 0 atom stereocenters. The molecule has 1 fully saturated rings. The van der Waals surface area contributed by atoms with E-state index < -0.39 is 0 Å². The normalized spacial score (nSPS) is 15.8. The Kier molecular flexibility index (Phi) is 5.81. The van der Waals surface area contributed by atoms with Gasteiger partial charge in [0.2, 0.25) is 5.88 Å². The molecule has 3 aromatic rings. The van der Waals surface area contributed by atoms with E-state index in [1.807, 2.05) is 18.2 Å². The predicted octanol–water partition coefficient (Wildman–Crippen LogP) is 4.94. The van der Waals surface area contributed by atoms with Crippen molar-refractivity contribution in [3.63, 3.8) is 0 Å². The maximum absolute atomic E-state index is 13.2. The molecule has 2 aromatic carbocycles. The lowest BCUT2D eigenvalue weighted by atomic mass is 9.94. The highest BCUT2D eigenvalue weighted by molar-refractivity contribution is 5.88. The van der Waals surface area contributed by atoms with Gasteiger partial charge in [-0.25, -0.2) is 14.4 Å². The Morgan fingerprint density at radius 2 is 1.79 bits per heavy atom. The molecule has 28 heavy (non-hydrogen) atoms. The molecule has 0 bridgehead atoms. The van der Waals surface area contributed by atoms with Crippen molar-refractivity contribution in [3.8, 4) is 17.0 Å². The van der Waals surface area contributed by atoms with Gasteiger partial charge in [0, 0.05) is 0 Å². The highest BCUT2D eigenvalue weighted by atomic mass is 19.1. The Bertz CT molecular complexity index is 921. The van der Waals surface area contributed by atoms with Crippen LogP contribution in [0.3, 0.4) is 0 Å². The van der Waals surface area contributed by atoms with Crippen molar-refractivity contribution in [3.05, 3.63) is 54.6 Å². The lowest BCUT2D eigenvalue weighted by Crippen LogP contribution is -2.33. The molecule has 0 N–H and O–H groups in total. The standard InChI is InChI=1S/C23H26FN3O/c1-2-27-12-9-17(10-13-27)11-14-28-23-21-15-19(5-8-22(21)25-16-26-23)18-3-6-20(24)7-4-18/h3-8,15-17H,2,9-14H2,1H3. The van der Waals surface area contributed by atoms with Gasteiger partial charge in [-0.2, -0.15) is 0 Å². The molecule has 2 heterocycles. The van der Waals surface area contributed by atoms with Crippen molar-refractivity contribution >= 4 is 10.9 Å². The molecule has 5 heteroatoms. The van der Waals surface area contributed by atoms with Crippen LogP contribution in [0, 0.1) is 11.7 Å². The number of halogens is 1. The quantitative estimate of drug-likeness (QED) is 0.608. The van der Waals surface area contributed by atoms with Crippen LogP contribution < -0.4 is 4.74 Å². The first-order valence-electron chi connectivity index (χ1n) is 10.1. The van der Waals surface area contributed by atoms with E-state index in [2.05, 4.69) is 21.8 Å². The second-order valence-electron chi connectivity index (χ2n) is 7.43. The largest absolute Gasteiger partial charge is 0.477 e. The number of ether oxygens (including phenoxy) is 1. The molecule has 1 aliphatic rings. The molecule has 0 spiro atoms. The van der Waals surface area contributed by atoms with E-state index in [0.29, 0.717) is 12.5 Å². The van der Waals surface area contributed by atoms with Crippen molar-refractivity contribution in [1.82, 2.24) is 14.9 Å². The minimum Gasteiger partial charge on any atom is -0.477 e. The Morgan fingerprint density at radius 1 is 1.04 bits per heavy atom. The van der Waals surface area contributed by atoms with Gasteiger partial charge >= 0.3 is 0 Å². The average molecular weight is 379 g/mol. The van der Waals surface area contributed by atoms with Crippen molar-refractivity contribution < 1.29 is 9.13 Å². The summed E-state index contributed by atoms with van der Waals surface area (Å²) in [6, 6.07) is 12.5. The SMILES string of the molecule is CCN1CCC(CCOc2ncnc3ccc(-c4ccc(F)cc4)cc23)CC1. The Balaban J connectivity index is 1.46. The molecule has 146 valence electrons. The lowest BCUT2D eigenvalue weighted by molar-refractivity contribution is 0.168. The van der Waals surface area contributed by atoms with E-state index in [9.17, 15) is 4.39 Å². The zero-order chi connectivity index (χ0) is 19.3. The Labute approximate surface area is 165 Å². The average Bonchev–Trinajstić information content (AvgIpc) is 2.74. The van der Waals surface area contributed by atoms with E-state index in [4.69, 9.17) is 4.74 Å². The van der Waals surface area contributed by atoms with Crippen LogP contribution in [0.25, 0.3) is 22.0 Å². The maximum atomic E-state index is 13.2. The van der Waals surface area contributed by atoms with E-state index in [0.717, 1.165) is 40.9 Å². The van der Waals surface area contributed by atoms with Gasteiger partial charge in [0.25, 0.3) is 0 Å². The van der Waals surface area contributed by atoms with Crippen LogP contribution in [0.1, 0.15) is 26.2 Å². The number of piperidine rings is 1. The summed E-state index contributed by atoms with van der Waals surface area (Å²) in [6.45, 7) is 6.43. The third-order valence-corrected chi connectivity index (χ3v) is 5.70. The van der Waals surface area contributed by atoms with Gasteiger partial charge in [-0.05, 0) is 80.2 Å². The third-order valence-electron chi connectivity index (χ3n) is 5.70. The van der Waals surface area contributed by atoms with Crippen molar-refractivity contribution in [1.29, 1.82) is 0 Å². The van der Waals surface area contributed by atoms with Crippen molar-refractivity contribution in [2.45, 2.75) is 26.2 Å². The number of rotatable bonds is 6. The number of aromatic nitrogens is 2. The molecule has 1 aromatic heterocycles. The Hall–Kier alpha value is -2.53. The molecule has 0 unspecified atom stereocenters. The fraction of sp³-hybridized carbons (Fsp3) is 0.391. The molecular weight excluding hydrogens is 353 g/mol. The number of likely N-dealkylation sites (tertiary alicyclic amines) is 1. The summed E-state index contributed by atoms with van der Waals surface area (Å²) < 4.78 is 19.3. The molecule has 0 amide bonds. The molecule has 0 aliphatic carbocycles. The van der Waals surface area contributed by atoms with Crippen LogP contribution in [-0.4, -0.2) is 41.1 Å². The van der Waals surface area contributed by atoms with Gasteiger partial charge in [-0.3, -0.25) is 0 Å². The first kappa shape index (κ1) is 18.8. The second kappa shape index (κ2) is 8.65. The molecule has 4 rings (SSSR count). The number of hydrogen-bond donors (Lipinski definition) is 0. The monoisotopic (exact) mass is 379 g/mol. The molecule has 0 radical (unpaired) electrons. The highest BCUT2D eigenvalue weighted by Crippen LogP contribution is 2.29. The molecular formula is C23H26FN3O. The summed E-state index contributed by atoms with van der Waals surface area (Å²) >= 11 is 0. The van der Waals surface area contributed by atoms with Crippen LogP contribution in [0.2, 0.25) is 0 Å². The zero-order valence-electron chi connectivity index (χ0n) is 16.3. The van der Waals surface area contributed by atoms with E-state index in [1.54, 1.807) is 18.5 Å². The van der Waals surface area contributed by atoms with Gasteiger partial charge < -0.3 is 9.64 Å². The minimum atomic E-state index is -0.235. The fourth-order valence-corrected chi connectivity index (χ4v) is 3.88. The van der Waals surface area contributed by atoms with E-state index >= 15 is 0 Å². The lowest BCUT2D eigenvalue weighted by Gasteiger charge is -2.30. The van der Waals surface area contributed by atoms with Crippen molar-refractivity contribution in [2.75, 3.05) is 26.2 Å². The van der Waals surface area contributed by atoms with Gasteiger partial charge in [0.15, 0.2) is 0 Å². The number of fused-ring (bicyclic) bond motifs is 1. The summed E-state index contributed by atoms with van der Waals surface area (Å²) in [5.41, 5.74) is 2.81. The van der Waals surface area contributed by atoms with Crippen molar-refractivity contribution in [2.24, 2.45) is 5.92 Å². The van der Waals surface area contributed by atoms with Gasteiger partial charge in [0.1, 0.15) is 12.1 Å². The van der Waals surface area contributed by atoms with Crippen LogP contribution in [0.5, 0.6) is 5.88 Å². The van der Waals surface area contributed by atoms with Gasteiger partial charge in [-0.15, -0.1) is 0 Å². The molecule has 1 saturated heterocycles. The summed E-state index contributed by atoms with van der Waals surface area (Å²) in [5, 5.41) is 0.894. The zero-order valence-corrected chi connectivity index (χ0v) is 16.3.